The summed E-state index contributed by atoms with van der Waals surface area (Å²) in [5.74, 6) is -0.250. The van der Waals surface area contributed by atoms with Crippen molar-refractivity contribution >= 4 is 28.9 Å². The lowest BCUT2D eigenvalue weighted by Gasteiger charge is -2.34. The topological polar surface area (TPSA) is 113 Å². The van der Waals surface area contributed by atoms with Gasteiger partial charge in [0.05, 0.1) is 17.2 Å². The molecule has 1 atom stereocenters. The number of Topliss-reactive ketones (excluding diaryl/α,β-unsaturated/α-hetero) is 1. The molecular weight excluding hydrogens is 338 g/mol. The number of carboxylic acid groups (broad SMARTS) is 1. The monoisotopic (exact) mass is 355 g/mol. The number of nitrogens with zero attached hydrogens (tertiary/aromatic N) is 2. The highest BCUT2D eigenvalue weighted by Crippen LogP contribution is 2.31. The number of para-hydroxylation sites is 1. The van der Waals surface area contributed by atoms with Gasteiger partial charge in [0.25, 0.3) is 5.69 Å². The number of nitro benzene ring substituents is 1. The Balaban J connectivity index is 1.71. The molecule has 2 N–H and O–H groups in total. The first kappa shape index (κ1) is 17.4. The first-order chi connectivity index (χ1) is 12.5. The number of nitrogens with one attached hydrogen (secondary N) is 1. The van der Waals surface area contributed by atoms with Crippen molar-refractivity contribution in [3.63, 3.8) is 0 Å². The van der Waals surface area contributed by atoms with Gasteiger partial charge < -0.3 is 10.4 Å². The largest absolute Gasteiger partial charge is 0.465 e. The molecular formula is C18H17N3O5. The molecule has 1 amide bonds. The summed E-state index contributed by atoms with van der Waals surface area (Å²) in [7, 11) is 0. The van der Waals surface area contributed by atoms with E-state index in [-0.39, 0.29) is 18.0 Å². The predicted octanol–water partition coefficient (Wildman–Crippen LogP) is 3.08. The molecule has 1 unspecified atom stereocenters. The van der Waals surface area contributed by atoms with Crippen LogP contribution in [0.2, 0.25) is 0 Å². The van der Waals surface area contributed by atoms with Gasteiger partial charge in [-0.2, -0.15) is 0 Å². The van der Waals surface area contributed by atoms with Crippen LogP contribution in [-0.4, -0.2) is 34.5 Å². The van der Waals surface area contributed by atoms with Gasteiger partial charge in [0.15, 0.2) is 5.78 Å². The third-order valence-corrected chi connectivity index (χ3v) is 4.37. The van der Waals surface area contributed by atoms with Crippen LogP contribution >= 0.6 is 0 Å². The van der Waals surface area contributed by atoms with Crippen LogP contribution in [0.4, 0.5) is 21.9 Å². The maximum atomic E-state index is 12.6. The minimum atomic E-state index is -1.16. The maximum absolute atomic E-state index is 12.6. The summed E-state index contributed by atoms with van der Waals surface area (Å²) in [5, 5.41) is 23.1. The van der Waals surface area contributed by atoms with Gasteiger partial charge >= 0.3 is 6.09 Å². The lowest BCUT2D eigenvalue weighted by molar-refractivity contribution is -0.384. The number of hydrogen-bond acceptors (Lipinski definition) is 5. The zero-order valence-electron chi connectivity index (χ0n) is 13.8. The Bertz CT molecular complexity index is 850. The third kappa shape index (κ3) is 3.49. The first-order valence-corrected chi connectivity index (χ1v) is 8.08. The van der Waals surface area contributed by atoms with Gasteiger partial charge in [0.1, 0.15) is 6.04 Å². The van der Waals surface area contributed by atoms with Gasteiger partial charge in [0, 0.05) is 17.8 Å². The van der Waals surface area contributed by atoms with Crippen LogP contribution in [0.3, 0.4) is 0 Å². The molecule has 0 fully saturated rings. The van der Waals surface area contributed by atoms with Crippen LogP contribution in [0.15, 0.2) is 48.5 Å². The summed E-state index contributed by atoms with van der Waals surface area (Å²) in [4.78, 5) is 35.6. The van der Waals surface area contributed by atoms with Crippen LogP contribution in [0.5, 0.6) is 0 Å². The summed E-state index contributed by atoms with van der Waals surface area (Å²) < 4.78 is 0. The number of hydrogen-bond donors (Lipinski definition) is 2. The van der Waals surface area contributed by atoms with Gasteiger partial charge in [0.2, 0.25) is 0 Å². The average molecular weight is 355 g/mol. The fourth-order valence-corrected chi connectivity index (χ4v) is 3.10. The highest BCUT2D eigenvalue weighted by Gasteiger charge is 2.35. The number of benzene rings is 2. The Morgan fingerprint density at radius 2 is 1.88 bits per heavy atom. The smallest absolute Gasteiger partial charge is 0.412 e. The highest BCUT2D eigenvalue weighted by atomic mass is 16.6. The summed E-state index contributed by atoms with van der Waals surface area (Å²) in [5.41, 5.74) is 1.96. The Hall–Kier alpha value is -3.42. The molecule has 134 valence electrons. The van der Waals surface area contributed by atoms with E-state index in [1.54, 1.807) is 12.1 Å². The molecule has 1 heterocycles. The van der Waals surface area contributed by atoms with Crippen molar-refractivity contribution in [3.8, 4) is 0 Å². The number of carbonyl (C=O) groups is 2. The minimum Gasteiger partial charge on any atom is -0.465 e. The summed E-state index contributed by atoms with van der Waals surface area (Å²) >= 11 is 0. The second kappa shape index (κ2) is 7.22. The molecule has 0 spiro atoms. The van der Waals surface area contributed by atoms with Gasteiger partial charge in [-0.25, -0.2) is 4.79 Å². The van der Waals surface area contributed by atoms with Crippen molar-refractivity contribution in [1.29, 1.82) is 0 Å². The predicted molar refractivity (Wildman–Crippen MR) is 95.6 cm³/mol. The number of fused-ring (bicyclic) bond motifs is 1. The molecule has 0 bridgehead atoms. The number of aryl methyl sites for hydroxylation is 1. The molecule has 1 aliphatic rings. The molecule has 0 radical (unpaired) electrons. The van der Waals surface area contributed by atoms with E-state index in [9.17, 15) is 24.8 Å². The van der Waals surface area contributed by atoms with E-state index >= 15 is 0 Å². The van der Waals surface area contributed by atoms with E-state index in [1.165, 1.54) is 24.3 Å². The fraction of sp³-hybridized carbons (Fsp3) is 0.222. The lowest BCUT2D eigenvalue weighted by Crippen LogP contribution is -2.49. The van der Waals surface area contributed by atoms with Crippen LogP contribution in [-0.2, 0) is 11.2 Å². The van der Waals surface area contributed by atoms with Crippen LogP contribution in [0.1, 0.15) is 12.0 Å². The Morgan fingerprint density at radius 3 is 2.54 bits per heavy atom. The van der Waals surface area contributed by atoms with E-state index in [1.807, 2.05) is 12.1 Å². The molecule has 0 saturated heterocycles. The van der Waals surface area contributed by atoms with Crippen molar-refractivity contribution in [2.75, 3.05) is 16.8 Å². The van der Waals surface area contributed by atoms with Gasteiger partial charge in [-0.05, 0) is 36.6 Å². The van der Waals surface area contributed by atoms with E-state index in [4.69, 9.17) is 0 Å². The summed E-state index contributed by atoms with van der Waals surface area (Å²) in [6.45, 7) is -0.0611. The Labute approximate surface area is 149 Å². The number of anilines is 2. The van der Waals surface area contributed by atoms with Crippen LogP contribution < -0.4 is 10.2 Å². The maximum Gasteiger partial charge on any atom is 0.412 e. The standard InChI is InChI=1S/C18H17N3O5/c22-17(11-19-13-6-8-14(9-7-13)21(25)26)16-10-5-12-3-1-2-4-15(12)20(16)18(23)24/h1-4,6-9,16,19H,5,10-11H2,(H,23,24). The lowest BCUT2D eigenvalue weighted by atomic mass is 9.93. The van der Waals surface area contributed by atoms with E-state index in [0.29, 0.717) is 24.2 Å². The molecule has 2 aromatic carbocycles. The third-order valence-electron chi connectivity index (χ3n) is 4.37. The van der Waals surface area contributed by atoms with Gasteiger partial charge in [-0.15, -0.1) is 0 Å². The van der Waals surface area contributed by atoms with Gasteiger partial charge in [-0.3, -0.25) is 19.8 Å². The minimum absolute atomic E-state index is 0.0391. The highest BCUT2D eigenvalue weighted by molar-refractivity contribution is 6.00. The van der Waals surface area contributed by atoms with Crippen LogP contribution in [0.25, 0.3) is 0 Å². The number of ketones is 1. The average Bonchev–Trinajstić information content (AvgIpc) is 2.65. The molecule has 0 saturated carbocycles. The molecule has 8 nitrogen and oxygen atoms in total. The second-order valence-electron chi connectivity index (χ2n) is 5.96. The molecule has 3 rings (SSSR count). The van der Waals surface area contributed by atoms with Crippen molar-refractivity contribution in [2.24, 2.45) is 0 Å². The molecule has 0 aliphatic carbocycles. The summed E-state index contributed by atoms with van der Waals surface area (Å²) in [6.07, 6.45) is -0.108. The molecule has 26 heavy (non-hydrogen) atoms. The van der Waals surface area contributed by atoms with Crippen molar-refractivity contribution < 1.29 is 19.6 Å². The molecule has 0 aromatic heterocycles. The zero-order valence-corrected chi connectivity index (χ0v) is 13.8. The summed E-state index contributed by atoms with van der Waals surface area (Å²) in [6, 6.07) is 12.1. The Kier molecular flexibility index (Phi) is 4.83. The normalized spacial score (nSPS) is 15.8. The fourth-order valence-electron chi connectivity index (χ4n) is 3.10. The first-order valence-electron chi connectivity index (χ1n) is 8.08. The van der Waals surface area contributed by atoms with Crippen LogP contribution in [0, 0.1) is 10.1 Å². The molecule has 8 heteroatoms. The quantitative estimate of drug-likeness (QED) is 0.629. The van der Waals surface area contributed by atoms with Crippen molar-refractivity contribution in [3.05, 3.63) is 64.2 Å². The zero-order chi connectivity index (χ0) is 18.7. The van der Waals surface area contributed by atoms with E-state index in [2.05, 4.69) is 5.32 Å². The number of carbonyl (C=O) groups excluding carboxylic acids is 1. The SMILES string of the molecule is O=C(CNc1ccc([N+](=O)[O-])cc1)C1CCc2ccccc2N1C(=O)O. The Morgan fingerprint density at radius 1 is 1.19 bits per heavy atom. The molecule has 2 aromatic rings. The van der Waals surface area contributed by atoms with E-state index < -0.39 is 17.1 Å². The second-order valence-corrected chi connectivity index (χ2v) is 5.96. The molecule has 1 aliphatic heterocycles. The number of amides is 1. The van der Waals surface area contributed by atoms with E-state index in [0.717, 1.165) is 10.5 Å². The van der Waals surface area contributed by atoms with Crippen molar-refractivity contribution in [2.45, 2.75) is 18.9 Å². The van der Waals surface area contributed by atoms with Gasteiger partial charge in [-0.1, -0.05) is 18.2 Å². The van der Waals surface area contributed by atoms with Crippen molar-refractivity contribution in [1.82, 2.24) is 0 Å². The number of non-ortho nitro benzene ring substituents is 1. The number of rotatable bonds is 5. The number of nitro groups is 1.